The molecule has 252 valence electrons. The van der Waals surface area contributed by atoms with Crippen LogP contribution in [0.2, 0.25) is 5.02 Å². The lowest BCUT2D eigenvalue weighted by atomic mass is 9.84. The number of para-hydroxylation sites is 2. The Kier molecular flexibility index (Phi) is 10.00. The Bertz CT molecular complexity index is 1880. The summed E-state index contributed by atoms with van der Waals surface area (Å²) in [6, 6.07) is 30.7. The summed E-state index contributed by atoms with van der Waals surface area (Å²) in [5.74, 6) is -0.288. The molecule has 1 aromatic heterocycles. The van der Waals surface area contributed by atoms with Crippen LogP contribution in [0, 0.1) is 0 Å². The van der Waals surface area contributed by atoms with Crippen LogP contribution in [-0.4, -0.2) is 56.7 Å². The first-order valence-corrected chi connectivity index (χ1v) is 17.0. The van der Waals surface area contributed by atoms with Gasteiger partial charge >= 0.3 is 0 Å². The van der Waals surface area contributed by atoms with E-state index in [9.17, 15) is 15.0 Å². The van der Waals surface area contributed by atoms with E-state index in [2.05, 4.69) is 20.2 Å². The normalized spacial score (nSPS) is 21.0. The summed E-state index contributed by atoms with van der Waals surface area (Å²) in [5.41, 5.74) is 5.40. The second-order valence-electron chi connectivity index (χ2n) is 12.9. The molecule has 7 rings (SSSR count). The van der Waals surface area contributed by atoms with Gasteiger partial charge in [0.15, 0.2) is 6.29 Å². The van der Waals surface area contributed by atoms with Gasteiger partial charge in [0.05, 0.1) is 41.6 Å². The minimum atomic E-state index is -0.874. The number of amides is 1. The monoisotopic (exact) mass is 678 g/mol. The maximum atomic E-state index is 12.8. The number of ether oxygens (including phenoxy) is 2. The van der Waals surface area contributed by atoms with Crippen LogP contribution in [0.15, 0.2) is 103 Å². The van der Waals surface area contributed by atoms with Crippen molar-refractivity contribution in [3.05, 3.63) is 142 Å². The van der Waals surface area contributed by atoms with Crippen molar-refractivity contribution < 1.29 is 24.5 Å². The predicted molar refractivity (Wildman–Crippen MR) is 187 cm³/mol. The number of hydrogen-bond acceptors (Lipinski definition) is 8. The van der Waals surface area contributed by atoms with Crippen molar-refractivity contribution in [3.8, 4) is 0 Å². The molecule has 2 saturated heterocycles. The van der Waals surface area contributed by atoms with E-state index in [4.69, 9.17) is 21.1 Å². The molecule has 0 aliphatic carbocycles. The third kappa shape index (κ3) is 7.83. The fraction of sp³-hybridized carbons (Fsp3) is 0.308. The van der Waals surface area contributed by atoms with Gasteiger partial charge in [0, 0.05) is 43.2 Å². The topological polar surface area (TPSA) is 117 Å². The fourth-order valence-corrected chi connectivity index (χ4v) is 6.73. The van der Waals surface area contributed by atoms with Gasteiger partial charge in [0.1, 0.15) is 5.69 Å². The maximum Gasteiger partial charge on any atom is 0.271 e. The van der Waals surface area contributed by atoms with Crippen molar-refractivity contribution in [2.75, 3.05) is 19.6 Å². The summed E-state index contributed by atoms with van der Waals surface area (Å²) in [6.07, 6.45) is 2.52. The molecule has 0 bridgehead atoms. The van der Waals surface area contributed by atoms with Crippen LogP contribution in [0.25, 0.3) is 11.0 Å². The molecule has 3 heterocycles. The predicted octanol–water partition coefficient (Wildman–Crippen LogP) is 6.23. The summed E-state index contributed by atoms with van der Waals surface area (Å²) < 4.78 is 13.1. The Morgan fingerprint density at radius 1 is 0.878 bits per heavy atom. The number of nitrogens with one attached hydrogen (secondary N) is 1. The molecule has 0 spiro atoms. The summed E-state index contributed by atoms with van der Waals surface area (Å²) in [6.45, 7) is 2.51. The first-order valence-electron chi connectivity index (χ1n) is 16.7. The van der Waals surface area contributed by atoms with Gasteiger partial charge in [-0.3, -0.25) is 9.78 Å². The zero-order valence-electron chi connectivity index (χ0n) is 27.0. The van der Waals surface area contributed by atoms with Gasteiger partial charge in [-0.25, -0.2) is 4.98 Å². The number of benzene rings is 4. The van der Waals surface area contributed by atoms with Crippen LogP contribution in [0.1, 0.15) is 70.0 Å². The van der Waals surface area contributed by atoms with Gasteiger partial charge in [-0.15, -0.1) is 0 Å². The summed E-state index contributed by atoms with van der Waals surface area (Å²) >= 11 is 6.08. The quantitative estimate of drug-likeness (QED) is 0.168. The Morgan fingerprint density at radius 3 is 2.27 bits per heavy atom. The van der Waals surface area contributed by atoms with E-state index in [0.717, 1.165) is 46.4 Å². The van der Waals surface area contributed by atoms with Crippen molar-refractivity contribution in [2.45, 2.75) is 56.5 Å². The molecule has 1 amide bonds. The highest BCUT2D eigenvalue weighted by Crippen LogP contribution is 2.39. The minimum Gasteiger partial charge on any atom is -0.392 e. The Hall–Kier alpha value is -4.22. The van der Waals surface area contributed by atoms with Crippen molar-refractivity contribution >= 4 is 28.5 Å². The average Bonchev–Trinajstić information content (AvgIpc) is 3.15. The van der Waals surface area contributed by atoms with E-state index in [1.807, 2.05) is 97.1 Å². The van der Waals surface area contributed by atoms with E-state index in [1.165, 1.54) is 6.20 Å². The molecule has 0 unspecified atom stereocenters. The van der Waals surface area contributed by atoms with Crippen molar-refractivity contribution in [1.29, 1.82) is 0 Å². The first kappa shape index (κ1) is 33.3. The van der Waals surface area contributed by atoms with Crippen molar-refractivity contribution in [3.63, 3.8) is 0 Å². The largest absolute Gasteiger partial charge is 0.392 e. The molecular weight excluding hydrogens is 640 g/mol. The van der Waals surface area contributed by atoms with Crippen molar-refractivity contribution in [2.24, 2.45) is 0 Å². The molecule has 3 atom stereocenters. The number of aromatic nitrogens is 2. The number of nitrogens with zero attached hydrogens (tertiary/aromatic N) is 3. The Balaban J connectivity index is 1.01. The third-order valence-electron chi connectivity index (χ3n) is 9.53. The molecule has 0 radical (unpaired) electrons. The number of halogens is 1. The molecule has 3 N–H and O–H groups in total. The zero-order chi connectivity index (χ0) is 33.8. The number of piperidine rings is 1. The van der Waals surface area contributed by atoms with Gasteiger partial charge in [0.25, 0.3) is 5.91 Å². The molecule has 4 aromatic carbocycles. The second kappa shape index (κ2) is 14.7. The van der Waals surface area contributed by atoms with E-state index in [-0.39, 0.29) is 30.4 Å². The van der Waals surface area contributed by atoms with Gasteiger partial charge in [0.2, 0.25) is 0 Å². The third-order valence-corrected chi connectivity index (χ3v) is 9.78. The number of likely N-dealkylation sites (tertiary alicyclic amines) is 1. The number of rotatable bonds is 9. The maximum absolute atomic E-state index is 12.8. The van der Waals surface area contributed by atoms with Gasteiger partial charge in [-0.05, 0) is 59.4 Å². The molecule has 9 nitrogen and oxygen atoms in total. The van der Waals surface area contributed by atoms with Crippen LogP contribution < -0.4 is 5.32 Å². The molecule has 2 aliphatic rings. The van der Waals surface area contributed by atoms with Gasteiger partial charge < -0.3 is 29.9 Å². The minimum absolute atomic E-state index is 0.0139. The SMILES string of the molecule is O=C(NCc1ccc([C@@H]2O[C@H](CN3CCC(O)(c4ccc(Cl)cc4)CC3)C[C@H](c3ccc(CO)cc3)O2)cc1)c1cnc2ccccc2n1. The fourth-order valence-electron chi connectivity index (χ4n) is 6.61. The lowest BCUT2D eigenvalue weighted by Gasteiger charge is -2.42. The Morgan fingerprint density at radius 2 is 1.55 bits per heavy atom. The average molecular weight is 679 g/mol. The summed E-state index contributed by atoms with van der Waals surface area (Å²) in [7, 11) is 0. The highest BCUT2D eigenvalue weighted by Gasteiger charge is 2.37. The van der Waals surface area contributed by atoms with Crippen LogP contribution in [-0.2, 0) is 28.2 Å². The number of hydrogen-bond donors (Lipinski definition) is 3. The van der Waals surface area contributed by atoms with E-state index >= 15 is 0 Å². The number of fused-ring (bicyclic) bond motifs is 1. The van der Waals surface area contributed by atoms with Crippen LogP contribution in [0.4, 0.5) is 0 Å². The van der Waals surface area contributed by atoms with E-state index in [1.54, 1.807) is 0 Å². The molecule has 2 fully saturated rings. The molecule has 2 aliphatic heterocycles. The summed E-state index contributed by atoms with van der Waals surface area (Å²) in [5, 5.41) is 24.5. The number of carbonyl (C=O) groups is 1. The van der Waals surface area contributed by atoms with E-state index in [0.29, 0.717) is 42.9 Å². The zero-order valence-corrected chi connectivity index (χ0v) is 27.8. The van der Waals surface area contributed by atoms with Gasteiger partial charge in [-0.1, -0.05) is 84.4 Å². The molecule has 5 aromatic rings. The van der Waals surface area contributed by atoms with Gasteiger partial charge in [-0.2, -0.15) is 0 Å². The number of aliphatic hydroxyl groups is 2. The van der Waals surface area contributed by atoms with Crippen molar-refractivity contribution in [1.82, 2.24) is 20.2 Å². The highest BCUT2D eigenvalue weighted by atomic mass is 35.5. The molecule has 49 heavy (non-hydrogen) atoms. The first-order chi connectivity index (χ1) is 23.8. The lowest BCUT2D eigenvalue weighted by molar-refractivity contribution is -0.253. The molecule has 0 saturated carbocycles. The lowest BCUT2D eigenvalue weighted by Crippen LogP contribution is -2.46. The molecule has 10 heteroatoms. The standard InChI is InChI=1S/C39H39ClN4O5/c40-31-15-13-30(14-16-31)39(47)17-19-44(20-18-39)24-32-21-36(28-9-7-27(25-45)8-10-28)49-38(48-32)29-11-5-26(6-12-29)22-42-37(46)35-23-41-33-3-1-2-4-34(33)43-35/h1-16,23,32,36,38,45,47H,17-22,24-25H2,(H,42,46)/t32-,36+,38+/m0/s1. The second-order valence-corrected chi connectivity index (χ2v) is 13.3. The van der Waals surface area contributed by atoms with E-state index < -0.39 is 11.9 Å². The number of carbonyl (C=O) groups excluding carboxylic acids is 1. The Labute approximate surface area is 290 Å². The van der Waals surface area contributed by atoms with Crippen LogP contribution in [0.3, 0.4) is 0 Å². The highest BCUT2D eigenvalue weighted by molar-refractivity contribution is 6.30. The van der Waals surface area contributed by atoms with Crippen LogP contribution >= 0.6 is 11.6 Å². The van der Waals surface area contributed by atoms with Crippen LogP contribution in [0.5, 0.6) is 0 Å². The number of aliphatic hydroxyl groups excluding tert-OH is 1. The summed E-state index contributed by atoms with van der Waals surface area (Å²) in [4.78, 5) is 24.0. The molecular formula is C39H39ClN4O5. The smallest absolute Gasteiger partial charge is 0.271 e.